The second-order valence-corrected chi connectivity index (χ2v) is 8.27. The number of nitrogens with one attached hydrogen (secondary N) is 2. The van der Waals surface area contributed by atoms with Crippen LogP contribution in [0.15, 0.2) is 67.0 Å². The van der Waals surface area contributed by atoms with Crippen LogP contribution >= 0.6 is 0 Å². The minimum atomic E-state index is 0.752. The molecule has 0 atom stereocenters. The summed E-state index contributed by atoms with van der Waals surface area (Å²) in [4.78, 5) is 8.97. The molecule has 6 heteroatoms. The quantitative estimate of drug-likeness (QED) is 0.478. The van der Waals surface area contributed by atoms with Gasteiger partial charge in [-0.15, -0.1) is 0 Å². The highest BCUT2D eigenvalue weighted by Crippen LogP contribution is 2.33. The van der Waals surface area contributed by atoms with Crippen LogP contribution in [0.2, 0.25) is 0 Å². The fourth-order valence-corrected chi connectivity index (χ4v) is 4.09. The van der Waals surface area contributed by atoms with Crippen molar-refractivity contribution >= 4 is 34.4 Å². The lowest BCUT2D eigenvalue weighted by atomic mass is 10.1. The molecule has 32 heavy (non-hydrogen) atoms. The normalized spacial score (nSPS) is 15.0. The molecular weight excluding hydrogens is 396 g/mol. The summed E-state index contributed by atoms with van der Waals surface area (Å²) in [7, 11) is 2.18. The fraction of sp³-hybridized carbons (Fsp3) is 0.231. The Morgan fingerprint density at radius 2 is 1.75 bits per heavy atom. The van der Waals surface area contributed by atoms with E-state index in [1.54, 1.807) is 0 Å². The smallest absolute Gasteiger partial charge is 0.0928 e. The number of benzene rings is 2. The number of piperazine rings is 1. The summed E-state index contributed by atoms with van der Waals surface area (Å²) in [6, 6.07) is 18.9. The van der Waals surface area contributed by atoms with Gasteiger partial charge in [0.15, 0.2) is 0 Å². The molecule has 5 rings (SSSR count). The zero-order valence-corrected chi connectivity index (χ0v) is 18.3. The molecule has 1 saturated heterocycles. The van der Waals surface area contributed by atoms with Gasteiger partial charge in [0, 0.05) is 50.5 Å². The SMILES string of the molecule is CN1CCN(c2cc3[nH]nc(C=Cc4ccccc4)c3cc2NCc2ccncc2)CC1. The lowest BCUT2D eigenvalue weighted by Crippen LogP contribution is -2.44. The van der Waals surface area contributed by atoms with E-state index in [9.17, 15) is 0 Å². The number of aromatic amines is 1. The molecule has 162 valence electrons. The highest BCUT2D eigenvalue weighted by atomic mass is 15.3. The van der Waals surface area contributed by atoms with Gasteiger partial charge in [-0.2, -0.15) is 5.10 Å². The average Bonchev–Trinajstić information content (AvgIpc) is 3.24. The van der Waals surface area contributed by atoms with E-state index in [0.29, 0.717) is 0 Å². The lowest BCUT2D eigenvalue weighted by molar-refractivity contribution is 0.313. The standard InChI is InChI=1S/C26H28N6/c1-31-13-15-32(16-14-31)26-18-24-22(17-25(26)28-19-21-9-11-27-12-10-21)23(29-30-24)8-7-20-5-3-2-4-6-20/h2-12,17-18,28H,13-16,19H2,1H3,(H,29,30). The lowest BCUT2D eigenvalue weighted by Gasteiger charge is -2.35. The van der Waals surface area contributed by atoms with Gasteiger partial charge in [-0.3, -0.25) is 10.1 Å². The van der Waals surface area contributed by atoms with Crippen molar-refractivity contribution < 1.29 is 0 Å². The Labute approximate surface area is 188 Å². The molecule has 0 saturated carbocycles. The minimum absolute atomic E-state index is 0.752. The summed E-state index contributed by atoms with van der Waals surface area (Å²) in [5.41, 5.74) is 6.73. The Morgan fingerprint density at radius 3 is 2.53 bits per heavy atom. The van der Waals surface area contributed by atoms with Crippen molar-refractivity contribution in [1.29, 1.82) is 0 Å². The van der Waals surface area contributed by atoms with E-state index >= 15 is 0 Å². The monoisotopic (exact) mass is 424 g/mol. The Morgan fingerprint density at radius 1 is 0.969 bits per heavy atom. The number of rotatable bonds is 6. The number of aromatic nitrogens is 3. The third-order valence-electron chi connectivity index (χ3n) is 6.02. The molecule has 0 radical (unpaired) electrons. The van der Waals surface area contributed by atoms with Crippen LogP contribution in [0, 0.1) is 0 Å². The maximum absolute atomic E-state index is 4.59. The maximum atomic E-state index is 4.59. The number of hydrogen-bond donors (Lipinski definition) is 2. The van der Waals surface area contributed by atoms with E-state index in [1.807, 2.05) is 42.7 Å². The molecule has 1 aliphatic rings. The summed E-state index contributed by atoms with van der Waals surface area (Å²) in [5.74, 6) is 0. The van der Waals surface area contributed by atoms with Gasteiger partial charge in [0.05, 0.1) is 22.6 Å². The Kier molecular flexibility index (Phi) is 5.85. The van der Waals surface area contributed by atoms with E-state index < -0.39 is 0 Å². The van der Waals surface area contributed by atoms with Gasteiger partial charge in [-0.25, -0.2) is 0 Å². The number of likely N-dealkylation sites (N-methyl/N-ethyl adjacent to an activating group) is 1. The molecular formula is C26H28N6. The topological polar surface area (TPSA) is 60.1 Å². The van der Waals surface area contributed by atoms with Crippen LogP contribution in [0.5, 0.6) is 0 Å². The molecule has 4 aromatic rings. The molecule has 2 aromatic carbocycles. The van der Waals surface area contributed by atoms with Gasteiger partial charge in [0.25, 0.3) is 0 Å². The molecule has 0 bridgehead atoms. The largest absolute Gasteiger partial charge is 0.379 e. The molecule has 3 heterocycles. The van der Waals surface area contributed by atoms with Gasteiger partial charge >= 0.3 is 0 Å². The summed E-state index contributed by atoms with van der Waals surface area (Å²) in [6.07, 6.45) is 7.86. The van der Waals surface area contributed by atoms with Gasteiger partial charge in [0.1, 0.15) is 0 Å². The van der Waals surface area contributed by atoms with Crippen molar-refractivity contribution in [2.24, 2.45) is 0 Å². The summed E-state index contributed by atoms with van der Waals surface area (Å²) >= 11 is 0. The first kappa shape index (κ1) is 20.3. The second-order valence-electron chi connectivity index (χ2n) is 8.27. The number of hydrogen-bond acceptors (Lipinski definition) is 5. The first-order valence-electron chi connectivity index (χ1n) is 11.1. The van der Waals surface area contributed by atoms with Crippen LogP contribution in [-0.4, -0.2) is 53.3 Å². The third-order valence-corrected chi connectivity index (χ3v) is 6.02. The van der Waals surface area contributed by atoms with Crippen LogP contribution in [0.25, 0.3) is 23.1 Å². The van der Waals surface area contributed by atoms with Crippen LogP contribution in [0.3, 0.4) is 0 Å². The zero-order chi connectivity index (χ0) is 21.8. The highest BCUT2D eigenvalue weighted by Gasteiger charge is 2.19. The van der Waals surface area contributed by atoms with Gasteiger partial charge in [-0.05, 0) is 48.5 Å². The molecule has 1 fully saturated rings. The van der Waals surface area contributed by atoms with E-state index in [4.69, 9.17) is 0 Å². The molecule has 0 unspecified atom stereocenters. The van der Waals surface area contributed by atoms with E-state index in [0.717, 1.165) is 60.6 Å². The summed E-state index contributed by atoms with van der Waals surface area (Å²) in [6.45, 7) is 4.91. The van der Waals surface area contributed by atoms with Crippen molar-refractivity contribution in [2.75, 3.05) is 43.4 Å². The van der Waals surface area contributed by atoms with Gasteiger partial charge < -0.3 is 15.1 Å². The first-order chi connectivity index (χ1) is 15.8. The Balaban J connectivity index is 1.49. The fourth-order valence-electron chi connectivity index (χ4n) is 4.09. The van der Waals surface area contributed by atoms with Crippen molar-refractivity contribution in [3.8, 4) is 0 Å². The predicted molar refractivity (Wildman–Crippen MR) is 133 cm³/mol. The Bertz CT molecular complexity index is 1190. The average molecular weight is 425 g/mol. The van der Waals surface area contributed by atoms with Crippen molar-refractivity contribution in [2.45, 2.75) is 6.54 Å². The van der Waals surface area contributed by atoms with Crippen molar-refractivity contribution in [1.82, 2.24) is 20.1 Å². The van der Waals surface area contributed by atoms with E-state index in [1.165, 1.54) is 11.3 Å². The third kappa shape index (κ3) is 4.50. The number of fused-ring (bicyclic) bond motifs is 1. The number of H-pyrrole nitrogens is 1. The van der Waals surface area contributed by atoms with Crippen LogP contribution in [0.4, 0.5) is 11.4 Å². The molecule has 6 nitrogen and oxygen atoms in total. The summed E-state index contributed by atoms with van der Waals surface area (Å²) in [5, 5.41) is 12.6. The van der Waals surface area contributed by atoms with Crippen molar-refractivity contribution in [3.05, 3.63) is 83.8 Å². The highest BCUT2D eigenvalue weighted by molar-refractivity contribution is 5.96. The van der Waals surface area contributed by atoms with Gasteiger partial charge in [0.2, 0.25) is 0 Å². The van der Waals surface area contributed by atoms with Gasteiger partial charge in [-0.1, -0.05) is 36.4 Å². The molecule has 0 amide bonds. The van der Waals surface area contributed by atoms with E-state index in [2.05, 4.69) is 73.8 Å². The Hall–Kier alpha value is -3.64. The molecule has 0 aliphatic carbocycles. The molecule has 2 N–H and O–H groups in total. The minimum Gasteiger partial charge on any atom is -0.379 e. The van der Waals surface area contributed by atoms with E-state index in [-0.39, 0.29) is 0 Å². The molecule has 1 aliphatic heterocycles. The number of anilines is 2. The van der Waals surface area contributed by atoms with Crippen LogP contribution in [0.1, 0.15) is 16.8 Å². The summed E-state index contributed by atoms with van der Waals surface area (Å²) < 4.78 is 0. The second kappa shape index (κ2) is 9.24. The van der Waals surface area contributed by atoms with Crippen LogP contribution < -0.4 is 10.2 Å². The molecule has 2 aromatic heterocycles. The van der Waals surface area contributed by atoms with Crippen molar-refractivity contribution in [3.63, 3.8) is 0 Å². The number of pyridine rings is 1. The number of nitrogens with zero attached hydrogens (tertiary/aromatic N) is 4. The molecule has 0 spiro atoms. The predicted octanol–water partition coefficient (Wildman–Crippen LogP) is 4.49. The maximum Gasteiger partial charge on any atom is 0.0928 e. The van der Waals surface area contributed by atoms with Crippen LogP contribution in [-0.2, 0) is 6.54 Å². The zero-order valence-electron chi connectivity index (χ0n) is 18.3. The first-order valence-corrected chi connectivity index (χ1v) is 11.1.